The third-order valence-electron chi connectivity index (χ3n) is 3.17. The summed E-state index contributed by atoms with van der Waals surface area (Å²) in [5.41, 5.74) is 0.690. The Morgan fingerprint density at radius 1 is 1.05 bits per heavy atom. The zero-order chi connectivity index (χ0) is 15.1. The molecule has 3 aromatic rings. The van der Waals surface area contributed by atoms with E-state index in [0.29, 0.717) is 11.0 Å². The fraction of sp³-hybridized carbons (Fsp3) is 0.0667. The summed E-state index contributed by atoms with van der Waals surface area (Å²) in [5, 5.41) is 0.540. The van der Waals surface area contributed by atoms with Crippen LogP contribution in [-0.2, 0) is 0 Å². The summed E-state index contributed by atoms with van der Waals surface area (Å²) in [6.07, 6.45) is 1.32. The van der Waals surface area contributed by atoms with Gasteiger partial charge in [0.1, 0.15) is 0 Å². The van der Waals surface area contributed by atoms with Crippen LogP contribution in [0.5, 0.6) is 0 Å². The lowest BCUT2D eigenvalue weighted by atomic mass is 10.2. The van der Waals surface area contributed by atoms with Crippen LogP contribution in [-0.4, -0.2) is 0 Å². The molecule has 0 N–H and O–H groups in total. The molecule has 0 aliphatic carbocycles. The third-order valence-corrected chi connectivity index (χ3v) is 3.17. The van der Waals surface area contributed by atoms with Gasteiger partial charge in [0, 0.05) is 6.07 Å². The first-order valence-electron chi connectivity index (χ1n) is 6.08. The summed E-state index contributed by atoms with van der Waals surface area (Å²) in [6, 6.07) is 6.89. The molecule has 0 bridgehead atoms. The van der Waals surface area contributed by atoms with Crippen molar-refractivity contribution >= 4 is 11.0 Å². The van der Waals surface area contributed by atoms with E-state index in [-0.39, 0.29) is 0 Å². The van der Waals surface area contributed by atoms with Gasteiger partial charge < -0.3 is 4.42 Å². The normalized spacial score (nSPS) is 11.0. The highest BCUT2D eigenvalue weighted by atomic mass is 19.2. The van der Waals surface area contributed by atoms with Gasteiger partial charge in [-0.2, -0.15) is 9.18 Å². The smallest absolute Gasteiger partial charge is 0.371 e. The molecular formula is C15H9F3NO2+. The van der Waals surface area contributed by atoms with Crippen molar-refractivity contribution in [3.8, 4) is 5.69 Å². The van der Waals surface area contributed by atoms with E-state index in [2.05, 4.69) is 0 Å². The van der Waals surface area contributed by atoms with Crippen LogP contribution in [0.15, 0.2) is 45.7 Å². The minimum atomic E-state index is -1.64. The Morgan fingerprint density at radius 3 is 2.57 bits per heavy atom. The Kier molecular flexibility index (Phi) is 3.01. The molecule has 0 atom stereocenters. The van der Waals surface area contributed by atoms with Crippen molar-refractivity contribution in [2.75, 3.05) is 0 Å². The molecule has 3 nitrogen and oxygen atoms in total. The monoisotopic (exact) mass is 292 g/mol. The maximum atomic E-state index is 13.8. The SMILES string of the molecule is Cc1cccc2c[n+](-c3ccc(F)c(F)c3F)c(=O)oc12. The maximum absolute atomic E-state index is 13.8. The van der Waals surface area contributed by atoms with Crippen LogP contribution in [0.2, 0.25) is 0 Å². The van der Waals surface area contributed by atoms with Crippen molar-refractivity contribution in [3.05, 3.63) is 70.1 Å². The van der Waals surface area contributed by atoms with E-state index in [0.717, 1.165) is 22.3 Å². The van der Waals surface area contributed by atoms with Crippen molar-refractivity contribution < 1.29 is 22.2 Å². The zero-order valence-electron chi connectivity index (χ0n) is 10.9. The van der Waals surface area contributed by atoms with Crippen LogP contribution in [0.1, 0.15) is 5.56 Å². The second-order valence-corrected chi connectivity index (χ2v) is 4.55. The van der Waals surface area contributed by atoms with Crippen molar-refractivity contribution in [2.45, 2.75) is 6.92 Å². The molecule has 6 heteroatoms. The van der Waals surface area contributed by atoms with Crippen molar-refractivity contribution in [1.82, 2.24) is 0 Å². The molecule has 0 spiro atoms. The molecule has 21 heavy (non-hydrogen) atoms. The predicted molar refractivity (Wildman–Crippen MR) is 68.6 cm³/mol. The van der Waals surface area contributed by atoms with Gasteiger partial charge in [0.2, 0.25) is 11.6 Å². The molecule has 0 aliphatic heterocycles. The van der Waals surface area contributed by atoms with Gasteiger partial charge in [-0.05, 0) is 24.6 Å². The summed E-state index contributed by atoms with van der Waals surface area (Å²) in [6.45, 7) is 1.76. The number of aryl methyl sites for hydroxylation is 1. The summed E-state index contributed by atoms with van der Waals surface area (Å²) < 4.78 is 46.0. The molecule has 0 radical (unpaired) electrons. The Morgan fingerprint density at radius 2 is 1.81 bits per heavy atom. The quantitative estimate of drug-likeness (QED) is 0.510. The minimum absolute atomic E-state index is 0.363. The van der Waals surface area contributed by atoms with Gasteiger partial charge in [-0.3, -0.25) is 0 Å². The standard InChI is InChI=1S/C15H9F3NO2/c1-8-3-2-4-9-7-19(15(20)21-14(8)9)11-6-5-10(16)12(17)13(11)18/h2-7H,1H3/q+1. The number of halogens is 3. The van der Waals surface area contributed by atoms with Crippen LogP contribution < -0.4 is 10.3 Å². The van der Waals surface area contributed by atoms with Crippen molar-refractivity contribution in [3.63, 3.8) is 0 Å². The number of rotatable bonds is 1. The molecule has 3 rings (SSSR count). The van der Waals surface area contributed by atoms with Crippen LogP contribution in [0.25, 0.3) is 16.7 Å². The second kappa shape index (κ2) is 4.73. The van der Waals surface area contributed by atoms with Gasteiger partial charge >= 0.3 is 5.76 Å². The highest BCUT2D eigenvalue weighted by Gasteiger charge is 2.25. The topological polar surface area (TPSA) is 34.1 Å². The van der Waals surface area contributed by atoms with E-state index >= 15 is 0 Å². The molecule has 1 aromatic heterocycles. The van der Waals surface area contributed by atoms with E-state index in [1.165, 1.54) is 6.20 Å². The molecule has 106 valence electrons. The molecule has 2 aromatic carbocycles. The van der Waals surface area contributed by atoms with E-state index < -0.39 is 28.9 Å². The van der Waals surface area contributed by atoms with Gasteiger partial charge in [0.05, 0.1) is 5.39 Å². The highest BCUT2D eigenvalue weighted by Crippen LogP contribution is 2.17. The van der Waals surface area contributed by atoms with Gasteiger partial charge in [-0.25, -0.2) is 8.78 Å². The Labute approximate surface area is 116 Å². The first-order valence-corrected chi connectivity index (χ1v) is 6.08. The third kappa shape index (κ3) is 2.08. The molecule has 0 saturated heterocycles. The van der Waals surface area contributed by atoms with Crippen LogP contribution in [0, 0.1) is 24.4 Å². The lowest BCUT2D eigenvalue weighted by molar-refractivity contribution is -0.625. The highest BCUT2D eigenvalue weighted by molar-refractivity contribution is 5.77. The van der Waals surface area contributed by atoms with Crippen LogP contribution >= 0.6 is 0 Å². The van der Waals surface area contributed by atoms with E-state index in [4.69, 9.17) is 4.42 Å². The van der Waals surface area contributed by atoms with Crippen molar-refractivity contribution in [1.29, 1.82) is 0 Å². The van der Waals surface area contributed by atoms with Gasteiger partial charge in [0.25, 0.3) is 5.69 Å². The first kappa shape index (κ1) is 13.4. The predicted octanol–water partition coefficient (Wildman–Crippen LogP) is 2.80. The zero-order valence-corrected chi connectivity index (χ0v) is 10.9. The lowest BCUT2D eigenvalue weighted by Gasteiger charge is -2.01. The number of fused-ring (bicyclic) bond motifs is 1. The van der Waals surface area contributed by atoms with Crippen LogP contribution in [0.4, 0.5) is 13.2 Å². The fourth-order valence-corrected chi connectivity index (χ4v) is 2.11. The number of nitrogens with zero attached hydrogens (tertiary/aromatic N) is 1. The fourth-order valence-electron chi connectivity index (χ4n) is 2.11. The Hall–Kier alpha value is -2.63. The average molecular weight is 292 g/mol. The Balaban J connectivity index is 2.34. The summed E-state index contributed by atoms with van der Waals surface area (Å²) in [4.78, 5) is 11.9. The van der Waals surface area contributed by atoms with E-state index in [1.807, 2.05) is 0 Å². The maximum Gasteiger partial charge on any atom is 0.608 e. The van der Waals surface area contributed by atoms with E-state index in [9.17, 15) is 18.0 Å². The average Bonchev–Trinajstić information content (AvgIpc) is 2.46. The van der Waals surface area contributed by atoms with Crippen molar-refractivity contribution in [2.24, 2.45) is 0 Å². The first-order chi connectivity index (χ1) is 9.99. The molecule has 0 unspecified atom stereocenters. The number of benzene rings is 2. The molecule has 0 saturated carbocycles. The molecule has 0 amide bonds. The summed E-state index contributed by atoms with van der Waals surface area (Å²) in [5.74, 6) is -5.29. The number of hydrogen-bond donors (Lipinski definition) is 0. The number of aromatic nitrogens is 1. The second-order valence-electron chi connectivity index (χ2n) is 4.55. The Bertz CT molecular complexity index is 919. The summed E-state index contributed by atoms with van der Waals surface area (Å²) >= 11 is 0. The number of hydrogen-bond acceptors (Lipinski definition) is 2. The summed E-state index contributed by atoms with van der Waals surface area (Å²) in [7, 11) is 0. The van der Waals surface area contributed by atoms with Gasteiger partial charge in [-0.15, -0.1) is 0 Å². The number of para-hydroxylation sites is 1. The van der Waals surface area contributed by atoms with E-state index in [1.54, 1.807) is 25.1 Å². The lowest BCUT2D eigenvalue weighted by Crippen LogP contribution is -2.47. The molecule has 0 aliphatic rings. The van der Waals surface area contributed by atoms with Gasteiger partial charge in [-0.1, -0.05) is 16.7 Å². The molecule has 0 fully saturated rings. The minimum Gasteiger partial charge on any atom is -0.371 e. The van der Waals surface area contributed by atoms with Crippen LogP contribution in [0.3, 0.4) is 0 Å². The molecule has 1 heterocycles. The van der Waals surface area contributed by atoms with Gasteiger partial charge in [0.15, 0.2) is 17.6 Å². The molecular weight excluding hydrogens is 283 g/mol. The largest absolute Gasteiger partial charge is 0.608 e.